The first kappa shape index (κ1) is 9.62. The van der Waals surface area contributed by atoms with Crippen molar-refractivity contribution in [2.24, 2.45) is 11.7 Å². The fraction of sp³-hybridized carbons (Fsp3) is 0.545. The lowest BCUT2D eigenvalue weighted by Gasteiger charge is -2.29. The van der Waals surface area contributed by atoms with Gasteiger partial charge in [-0.3, -0.25) is 4.98 Å². The van der Waals surface area contributed by atoms with Gasteiger partial charge in [-0.25, -0.2) is 0 Å². The highest BCUT2D eigenvalue weighted by molar-refractivity contribution is 5.14. The van der Waals surface area contributed by atoms with Crippen LogP contribution in [-0.2, 0) is 0 Å². The predicted octanol–water partition coefficient (Wildman–Crippen LogP) is 1.08. The van der Waals surface area contributed by atoms with Gasteiger partial charge >= 0.3 is 0 Å². The topological polar surface area (TPSA) is 50.9 Å². The van der Waals surface area contributed by atoms with Crippen LogP contribution in [0, 0.1) is 5.92 Å². The monoisotopic (exact) mass is 191 g/mol. The number of nitrogens with two attached hydrogens (primary N) is 1. The summed E-state index contributed by atoms with van der Waals surface area (Å²) >= 11 is 0. The molecule has 3 heteroatoms. The standard InChI is InChI=1S/C11H17N3/c12-6-9-3-4-11(14-7-9)10-2-1-5-13-8-10/h1-2,5,8-9,11,14H,3-4,6-7,12H2. The van der Waals surface area contributed by atoms with Gasteiger partial charge in [0.05, 0.1) is 0 Å². The summed E-state index contributed by atoms with van der Waals surface area (Å²) in [5.74, 6) is 0.655. The van der Waals surface area contributed by atoms with E-state index in [1.54, 1.807) is 0 Å². The number of pyridine rings is 1. The molecule has 2 rings (SSSR count). The maximum atomic E-state index is 5.64. The molecular weight excluding hydrogens is 174 g/mol. The number of aromatic nitrogens is 1. The summed E-state index contributed by atoms with van der Waals surface area (Å²) in [7, 11) is 0. The van der Waals surface area contributed by atoms with Crippen LogP contribution in [0.1, 0.15) is 24.4 Å². The molecule has 2 atom stereocenters. The van der Waals surface area contributed by atoms with Gasteiger partial charge in [-0.05, 0) is 43.5 Å². The van der Waals surface area contributed by atoms with Gasteiger partial charge in [-0.15, -0.1) is 0 Å². The predicted molar refractivity (Wildman–Crippen MR) is 56.8 cm³/mol. The summed E-state index contributed by atoms with van der Waals surface area (Å²) in [4.78, 5) is 4.13. The molecule has 1 fully saturated rings. The summed E-state index contributed by atoms with van der Waals surface area (Å²) in [5, 5.41) is 3.52. The number of hydrogen-bond acceptors (Lipinski definition) is 3. The van der Waals surface area contributed by atoms with Crippen LogP contribution in [0.3, 0.4) is 0 Å². The lowest BCUT2D eigenvalue weighted by Crippen LogP contribution is -2.36. The number of piperidine rings is 1. The van der Waals surface area contributed by atoms with Crippen LogP contribution in [0.4, 0.5) is 0 Å². The second-order valence-electron chi connectivity index (χ2n) is 3.93. The van der Waals surface area contributed by atoms with Crippen LogP contribution in [0.5, 0.6) is 0 Å². The van der Waals surface area contributed by atoms with Gasteiger partial charge < -0.3 is 11.1 Å². The third-order valence-corrected chi connectivity index (χ3v) is 2.94. The van der Waals surface area contributed by atoms with Crippen LogP contribution >= 0.6 is 0 Å². The van der Waals surface area contributed by atoms with Crippen molar-refractivity contribution >= 4 is 0 Å². The van der Waals surface area contributed by atoms with Crippen LogP contribution in [-0.4, -0.2) is 18.1 Å². The molecule has 1 aliphatic rings. The maximum absolute atomic E-state index is 5.64. The minimum Gasteiger partial charge on any atom is -0.330 e. The summed E-state index contributed by atoms with van der Waals surface area (Å²) in [6.07, 6.45) is 6.16. The quantitative estimate of drug-likeness (QED) is 0.735. The molecule has 1 aromatic rings. The van der Waals surface area contributed by atoms with Crippen molar-refractivity contribution in [1.82, 2.24) is 10.3 Å². The molecule has 1 saturated heterocycles. The van der Waals surface area contributed by atoms with Crippen molar-refractivity contribution in [3.8, 4) is 0 Å². The number of nitrogens with zero attached hydrogens (tertiary/aromatic N) is 1. The first-order chi connectivity index (χ1) is 6.90. The van der Waals surface area contributed by atoms with E-state index in [1.807, 2.05) is 18.5 Å². The first-order valence-corrected chi connectivity index (χ1v) is 5.23. The van der Waals surface area contributed by atoms with E-state index in [1.165, 1.54) is 18.4 Å². The van der Waals surface area contributed by atoms with Gasteiger partial charge in [0.15, 0.2) is 0 Å². The van der Waals surface area contributed by atoms with Crippen LogP contribution < -0.4 is 11.1 Å². The molecule has 3 N–H and O–H groups in total. The molecule has 0 radical (unpaired) electrons. The lowest BCUT2D eigenvalue weighted by atomic mass is 9.92. The molecule has 3 nitrogen and oxygen atoms in total. The highest BCUT2D eigenvalue weighted by atomic mass is 14.9. The Morgan fingerprint density at radius 3 is 3.00 bits per heavy atom. The molecule has 76 valence electrons. The van der Waals surface area contributed by atoms with Crippen molar-refractivity contribution in [1.29, 1.82) is 0 Å². The largest absolute Gasteiger partial charge is 0.330 e. The average molecular weight is 191 g/mol. The van der Waals surface area contributed by atoms with Crippen molar-refractivity contribution in [2.75, 3.05) is 13.1 Å². The van der Waals surface area contributed by atoms with Crippen molar-refractivity contribution < 1.29 is 0 Å². The third-order valence-electron chi connectivity index (χ3n) is 2.94. The van der Waals surface area contributed by atoms with E-state index in [-0.39, 0.29) is 0 Å². The Morgan fingerprint density at radius 2 is 2.43 bits per heavy atom. The zero-order valence-corrected chi connectivity index (χ0v) is 8.32. The SMILES string of the molecule is NCC1CCC(c2cccnc2)NC1. The second kappa shape index (κ2) is 4.53. The molecule has 2 heterocycles. The molecule has 0 bridgehead atoms. The number of rotatable bonds is 2. The summed E-state index contributed by atoms with van der Waals surface area (Å²) < 4.78 is 0. The van der Waals surface area contributed by atoms with E-state index < -0.39 is 0 Å². The second-order valence-corrected chi connectivity index (χ2v) is 3.93. The van der Waals surface area contributed by atoms with Gasteiger partial charge in [0, 0.05) is 18.4 Å². The fourth-order valence-corrected chi connectivity index (χ4v) is 1.98. The highest BCUT2D eigenvalue weighted by Gasteiger charge is 2.20. The minimum atomic E-state index is 0.478. The molecule has 0 saturated carbocycles. The number of nitrogens with one attached hydrogen (secondary N) is 1. The molecule has 0 aliphatic carbocycles. The van der Waals surface area contributed by atoms with Crippen molar-refractivity contribution in [3.05, 3.63) is 30.1 Å². The Labute approximate surface area is 84.7 Å². The summed E-state index contributed by atoms with van der Waals surface area (Å²) in [6, 6.07) is 4.60. The highest BCUT2D eigenvalue weighted by Crippen LogP contribution is 2.24. The van der Waals surface area contributed by atoms with E-state index in [0.29, 0.717) is 12.0 Å². The molecule has 0 aromatic carbocycles. The van der Waals surface area contributed by atoms with Crippen molar-refractivity contribution in [2.45, 2.75) is 18.9 Å². The molecule has 1 aromatic heterocycles. The summed E-state index contributed by atoms with van der Waals surface area (Å²) in [5.41, 5.74) is 6.93. The third kappa shape index (κ3) is 2.11. The van der Waals surface area contributed by atoms with E-state index in [2.05, 4.69) is 16.4 Å². The lowest BCUT2D eigenvalue weighted by molar-refractivity contribution is 0.320. The first-order valence-electron chi connectivity index (χ1n) is 5.23. The molecule has 1 aliphatic heterocycles. The molecule has 14 heavy (non-hydrogen) atoms. The van der Waals surface area contributed by atoms with Crippen molar-refractivity contribution in [3.63, 3.8) is 0 Å². The molecule has 0 spiro atoms. The van der Waals surface area contributed by atoms with E-state index in [0.717, 1.165) is 13.1 Å². The van der Waals surface area contributed by atoms with E-state index >= 15 is 0 Å². The van der Waals surface area contributed by atoms with Gasteiger partial charge in [0.25, 0.3) is 0 Å². The molecular formula is C11H17N3. The Balaban J connectivity index is 1.96. The Morgan fingerprint density at radius 1 is 1.50 bits per heavy atom. The molecule has 0 amide bonds. The Hall–Kier alpha value is -0.930. The normalized spacial score (nSPS) is 27.5. The zero-order valence-electron chi connectivity index (χ0n) is 8.32. The van der Waals surface area contributed by atoms with Gasteiger partial charge in [0.2, 0.25) is 0 Å². The van der Waals surface area contributed by atoms with Crippen LogP contribution in [0.15, 0.2) is 24.5 Å². The zero-order chi connectivity index (χ0) is 9.80. The van der Waals surface area contributed by atoms with Gasteiger partial charge in [0.1, 0.15) is 0 Å². The van der Waals surface area contributed by atoms with Gasteiger partial charge in [-0.2, -0.15) is 0 Å². The molecule has 2 unspecified atom stereocenters. The average Bonchev–Trinajstić information content (AvgIpc) is 2.30. The van der Waals surface area contributed by atoms with E-state index in [9.17, 15) is 0 Å². The number of hydrogen-bond donors (Lipinski definition) is 2. The Bertz CT molecular complexity index is 265. The van der Waals surface area contributed by atoms with Crippen LogP contribution in [0.25, 0.3) is 0 Å². The maximum Gasteiger partial charge on any atom is 0.0335 e. The minimum absolute atomic E-state index is 0.478. The summed E-state index contributed by atoms with van der Waals surface area (Å²) in [6.45, 7) is 1.84. The van der Waals surface area contributed by atoms with E-state index in [4.69, 9.17) is 5.73 Å². The van der Waals surface area contributed by atoms with Crippen LogP contribution in [0.2, 0.25) is 0 Å². The smallest absolute Gasteiger partial charge is 0.0335 e. The van der Waals surface area contributed by atoms with Gasteiger partial charge in [-0.1, -0.05) is 6.07 Å². The fourth-order valence-electron chi connectivity index (χ4n) is 1.98. The Kier molecular flexibility index (Phi) is 3.11.